The molecule has 100 valence electrons. The molecule has 0 radical (unpaired) electrons. The van der Waals surface area contributed by atoms with Gasteiger partial charge in [0.2, 0.25) is 0 Å². The Bertz CT molecular complexity index is 748. The summed E-state index contributed by atoms with van der Waals surface area (Å²) in [6, 6.07) is 17.0. The Kier molecular flexibility index (Phi) is 3.42. The van der Waals surface area contributed by atoms with Gasteiger partial charge in [0.05, 0.1) is 5.52 Å². The van der Waals surface area contributed by atoms with Crippen molar-refractivity contribution in [3.63, 3.8) is 0 Å². The van der Waals surface area contributed by atoms with Crippen LogP contribution >= 0.6 is 0 Å². The fourth-order valence-corrected chi connectivity index (χ4v) is 2.58. The third-order valence-electron chi connectivity index (χ3n) is 3.87. The molecule has 0 spiro atoms. The van der Waals surface area contributed by atoms with Gasteiger partial charge in [-0.2, -0.15) is 0 Å². The average Bonchev–Trinajstić information content (AvgIpc) is 2.77. The van der Waals surface area contributed by atoms with E-state index in [2.05, 4.69) is 79.5 Å². The number of rotatable bonds is 3. The second kappa shape index (κ2) is 5.38. The predicted octanol–water partition coefficient (Wildman–Crippen LogP) is 5.04. The number of fused-ring (bicyclic) bond motifs is 1. The Labute approximate surface area is 120 Å². The second-order valence-corrected chi connectivity index (χ2v) is 5.24. The monoisotopic (exact) mass is 261 g/mol. The van der Waals surface area contributed by atoms with E-state index in [0.717, 1.165) is 6.42 Å². The highest BCUT2D eigenvalue weighted by Crippen LogP contribution is 2.25. The molecule has 20 heavy (non-hydrogen) atoms. The SMILES string of the molecule is Cc1[nH]c2c(C=CCc3ccccc3)cccc2c1C. The van der Waals surface area contributed by atoms with Gasteiger partial charge in [-0.3, -0.25) is 0 Å². The second-order valence-electron chi connectivity index (χ2n) is 5.24. The lowest BCUT2D eigenvalue weighted by Gasteiger charge is -1.98. The van der Waals surface area contributed by atoms with E-state index in [1.165, 1.54) is 33.3 Å². The van der Waals surface area contributed by atoms with E-state index in [9.17, 15) is 0 Å². The summed E-state index contributed by atoms with van der Waals surface area (Å²) in [5.41, 5.74) is 6.44. The maximum absolute atomic E-state index is 3.49. The minimum Gasteiger partial charge on any atom is -0.358 e. The van der Waals surface area contributed by atoms with Crippen LogP contribution in [0.5, 0.6) is 0 Å². The van der Waals surface area contributed by atoms with Gasteiger partial charge < -0.3 is 4.98 Å². The lowest BCUT2D eigenvalue weighted by molar-refractivity contribution is 1.25. The first kappa shape index (κ1) is 12.7. The average molecular weight is 261 g/mol. The van der Waals surface area contributed by atoms with E-state index in [0.29, 0.717) is 0 Å². The summed E-state index contributed by atoms with van der Waals surface area (Å²) >= 11 is 0. The minimum absolute atomic E-state index is 0.968. The fourth-order valence-electron chi connectivity index (χ4n) is 2.58. The lowest BCUT2D eigenvalue weighted by atomic mass is 10.1. The van der Waals surface area contributed by atoms with Crippen molar-refractivity contribution in [1.82, 2.24) is 4.98 Å². The van der Waals surface area contributed by atoms with Crippen molar-refractivity contribution in [3.05, 3.63) is 77.0 Å². The topological polar surface area (TPSA) is 15.8 Å². The first-order valence-electron chi connectivity index (χ1n) is 7.04. The molecule has 1 aromatic heterocycles. The van der Waals surface area contributed by atoms with E-state index < -0.39 is 0 Å². The number of H-pyrrole nitrogens is 1. The van der Waals surface area contributed by atoms with Crippen LogP contribution in [-0.2, 0) is 6.42 Å². The van der Waals surface area contributed by atoms with Crippen LogP contribution in [0.25, 0.3) is 17.0 Å². The molecular weight excluding hydrogens is 242 g/mol. The summed E-state index contributed by atoms with van der Waals surface area (Å²) in [6.07, 6.45) is 5.41. The van der Waals surface area contributed by atoms with Crippen molar-refractivity contribution in [1.29, 1.82) is 0 Å². The van der Waals surface area contributed by atoms with Gasteiger partial charge in [0.25, 0.3) is 0 Å². The van der Waals surface area contributed by atoms with Gasteiger partial charge in [-0.05, 0) is 37.0 Å². The summed E-state index contributed by atoms with van der Waals surface area (Å²) in [7, 11) is 0. The van der Waals surface area contributed by atoms with Gasteiger partial charge in [-0.25, -0.2) is 0 Å². The van der Waals surface area contributed by atoms with Crippen molar-refractivity contribution in [3.8, 4) is 0 Å². The van der Waals surface area contributed by atoms with Crippen LogP contribution in [-0.4, -0.2) is 4.98 Å². The zero-order valence-electron chi connectivity index (χ0n) is 12.0. The molecule has 0 aliphatic rings. The Morgan fingerprint density at radius 3 is 2.55 bits per heavy atom. The van der Waals surface area contributed by atoms with Crippen molar-refractivity contribution in [2.24, 2.45) is 0 Å². The fraction of sp³-hybridized carbons (Fsp3) is 0.158. The number of nitrogens with one attached hydrogen (secondary N) is 1. The Balaban J connectivity index is 1.89. The Hall–Kier alpha value is -2.28. The number of aromatic amines is 1. The lowest BCUT2D eigenvalue weighted by Crippen LogP contribution is -1.80. The maximum Gasteiger partial charge on any atom is 0.0532 e. The molecule has 0 amide bonds. The van der Waals surface area contributed by atoms with Gasteiger partial charge in [-0.15, -0.1) is 0 Å². The van der Waals surface area contributed by atoms with Crippen LogP contribution in [0.4, 0.5) is 0 Å². The molecule has 0 unspecified atom stereocenters. The molecule has 1 heterocycles. The largest absolute Gasteiger partial charge is 0.358 e. The highest BCUT2D eigenvalue weighted by Gasteiger charge is 2.05. The van der Waals surface area contributed by atoms with E-state index in [1.807, 2.05) is 0 Å². The molecule has 0 saturated carbocycles. The zero-order chi connectivity index (χ0) is 13.9. The Morgan fingerprint density at radius 1 is 0.950 bits per heavy atom. The van der Waals surface area contributed by atoms with Crippen molar-refractivity contribution >= 4 is 17.0 Å². The predicted molar refractivity (Wildman–Crippen MR) is 87.0 cm³/mol. The summed E-state index contributed by atoms with van der Waals surface area (Å²) in [5.74, 6) is 0. The normalized spacial score (nSPS) is 11.5. The number of para-hydroxylation sites is 1. The van der Waals surface area contributed by atoms with E-state index in [4.69, 9.17) is 0 Å². The van der Waals surface area contributed by atoms with Gasteiger partial charge in [0, 0.05) is 11.1 Å². The minimum atomic E-state index is 0.968. The molecule has 3 aromatic rings. The van der Waals surface area contributed by atoms with Crippen LogP contribution in [0.1, 0.15) is 22.4 Å². The van der Waals surface area contributed by atoms with Crippen molar-refractivity contribution in [2.75, 3.05) is 0 Å². The first-order chi connectivity index (χ1) is 9.75. The van der Waals surface area contributed by atoms with Crippen molar-refractivity contribution < 1.29 is 0 Å². The standard InChI is InChI=1S/C19H19N/c1-14-15(2)20-19-17(12-7-13-18(14)19)11-6-10-16-8-4-3-5-9-16/h3-9,11-13,20H,10H2,1-2H3. The van der Waals surface area contributed by atoms with Crippen LogP contribution < -0.4 is 0 Å². The molecule has 1 heteroatoms. The first-order valence-corrected chi connectivity index (χ1v) is 7.04. The smallest absolute Gasteiger partial charge is 0.0532 e. The molecule has 0 aliphatic carbocycles. The maximum atomic E-state index is 3.49. The highest BCUT2D eigenvalue weighted by molar-refractivity contribution is 5.91. The summed E-state index contributed by atoms with van der Waals surface area (Å²) in [4.78, 5) is 3.49. The molecule has 0 fully saturated rings. The number of hydrogen-bond acceptors (Lipinski definition) is 0. The van der Waals surface area contributed by atoms with E-state index in [-0.39, 0.29) is 0 Å². The third-order valence-corrected chi connectivity index (χ3v) is 3.87. The van der Waals surface area contributed by atoms with E-state index >= 15 is 0 Å². The molecule has 1 nitrogen and oxygen atoms in total. The number of aryl methyl sites for hydroxylation is 2. The van der Waals surface area contributed by atoms with Gasteiger partial charge in [0.1, 0.15) is 0 Å². The molecule has 0 aliphatic heterocycles. The molecular formula is C19H19N. The van der Waals surface area contributed by atoms with Gasteiger partial charge >= 0.3 is 0 Å². The third kappa shape index (κ3) is 2.39. The number of benzene rings is 2. The number of hydrogen-bond donors (Lipinski definition) is 1. The summed E-state index contributed by atoms with van der Waals surface area (Å²) < 4.78 is 0. The quantitative estimate of drug-likeness (QED) is 0.679. The van der Waals surface area contributed by atoms with Gasteiger partial charge in [0.15, 0.2) is 0 Å². The molecule has 0 saturated heterocycles. The molecule has 0 atom stereocenters. The number of aromatic nitrogens is 1. The molecule has 3 rings (SSSR count). The molecule has 0 bridgehead atoms. The van der Waals surface area contributed by atoms with Crippen LogP contribution in [0.2, 0.25) is 0 Å². The van der Waals surface area contributed by atoms with Crippen LogP contribution in [0, 0.1) is 13.8 Å². The van der Waals surface area contributed by atoms with Gasteiger partial charge in [-0.1, -0.05) is 60.7 Å². The number of allylic oxidation sites excluding steroid dienone is 1. The van der Waals surface area contributed by atoms with E-state index in [1.54, 1.807) is 0 Å². The highest BCUT2D eigenvalue weighted by atomic mass is 14.7. The zero-order valence-corrected chi connectivity index (χ0v) is 12.0. The summed E-state index contributed by atoms with van der Waals surface area (Å²) in [6.45, 7) is 4.30. The van der Waals surface area contributed by atoms with Crippen molar-refractivity contribution in [2.45, 2.75) is 20.3 Å². The Morgan fingerprint density at radius 2 is 1.75 bits per heavy atom. The van der Waals surface area contributed by atoms with Crippen LogP contribution in [0.3, 0.4) is 0 Å². The molecule has 1 N–H and O–H groups in total. The van der Waals surface area contributed by atoms with Crippen LogP contribution in [0.15, 0.2) is 54.6 Å². The molecule has 2 aromatic carbocycles. The summed E-state index contributed by atoms with van der Waals surface area (Å²) in [5, 5.41) is 1.32.